The van der Waals surface area contributed by atoms with Crippen LogP contribution in [0.25, 0.3) is 5.69 Å². The average Bonchev–Trinajstić information content (AvgIpc) is 3.23. The molecule has 3 aromatic rings. The number of benzene rings is 1. The third-order valence-electron chi connectivity index (χ3n) is 5.27. The lowest BCUT2D eigenvalue weighted by molar-refractivity contribution is -0.00903. The summed E-state index contributed by atoms with van der Waals surface area (Å²) in [6, 6.07) is 4.92. The van der Waals surface area contributed by atoms with Gasteiger partial charge in [0.2, 0.25) is 0 Å². The molecule has 0 radical (unpaired) electrons. The molecule has 29 heavy (non-hydrogen) atoms. The molecule has 0 fully saturated rings. The van der Waals surface area contributed by atoms with Crippen LogP contribution in [0.1, 0.15) is 53.1 Å². The zero-order valence-electron chi connectivity index (χ0n) is 16.9. The molecular formula is C21H24FN5O2. The molecule has 8 heteroatoms. The molecule has 0 unspecified atom stereocenters. The van der Waals surface area contributed by atoms with Gasteiger partial charge in [0.05, 0.1) is 23.6 Å². The van der Waals surface area contributed by atoms with Gasteiger partial charge in [0.15, 0.2) is 5.69 Å². The van der Waals surface area contributed by atoms with Gasteiger partial charge in [0.25, 0.3) is 5.91 Å². The second-order valence-electron chi connectivity index (χ2n) is 7.44. The van der Waals surface area contributed by atoms with Crippen molar-refractivity contribution in [3.05, 3.63) is 64.7 Å². The van der Waals surface area contributed by atoms with Gasteiger partial charge in [-0.05, 0) is 38.5 Å². The number of imidazole rings is 1. The van der Waals surface area contributed by atoms with E-state index in [2.05, 4.69) is 15.4 Å². The van der Waals surface area contributed by atoms with Crippen LogP contribution in [-0.4, -0.2) is 31.3 Å². The molecule has 152 valence electrons. The highest BCUT2D eigenvalue weighted by Gasteiger charge is 2.31. The fourth-order valence-electron chi connectivity index (χ4n) is 3.98. The molecular weight excluding hydrogens is 373 g/mol. The van der Waals surface area contributed by atoms with Crippen molar-refractivity contribution in [2.75, 3.05) is 0 Å². The Hall–Kier alpha value is -3.00. The lowest BCUT2D eigenvalue weighted by atomic mass is 9.99. The van der Waals surface area contributed by atoms with Gasteiger partial charge < -0.3 is 14.6 Å². The van der Waals surface area contributed by atoms with Crippen molar-refractivity contribution >= 4 is 5.91 Å². The average molecular weight is 397 g/mol. The van der Waals surface area contributed by atoms with Gasteiger partial charge in [-0.2, -0.15) is 5.10 Å². The van der Waals surface area contributed by atoms with Gasteiger partial charge in [0, 0.05) is 38.0 Å². The number of ether oxygens (including phenoxy) is 1. The molecule has 1 amide bonds. The van der Waals surface area contributed by atoms with Crippen molar-refractivity contribution in [3.8, 4) is 5.69 Å². The maximum atomic E-state index is 14.6. The van der Waals surface area contributed by atoms with Gasteiger partial charge in [0.1, 0.15) is 11.6 Å². The summed E-state index contributed by atoms with van der Waals surface area (Å²) in [6.07, 6.45) is 3.90. The summed E-state index contributed by atoms with van der Waals surface area (Å²) >= 11 is 0. The van der Waals surface area contributed by atoms with Gasteiger partial charge >= 0.3 is 0 Å². The first kappa shape index (κ1) is 19.3. The first-order valence-corrected chi connectivity index (χ1v) is 9.63. The Morgan fingerprint density at radius 1 is 1.38 bits per heavy atom. The van der Waals surface area contributed by atoms with Crippen molar-refractivity contribution in [1.29, 1.82) is 0 Å². The smallest absolute Gasteiger partial charge is 0.272 e. The van der Waals surface area contributed by atoms with E-state index in [-0.39, 0.29) is 30.5 Å². The number of aromatic nitrogens is 4. The molecule has 1 N–H and O–H groups in total. The number of nitrogens with one attached hydrogen (secondary N) is 1. The Kier molecular flexibility index (Phi) is 4.96. The summed E-state index contributed by atoms with van der Waals surface area (Å²) < 4.78 is 23.8. The standard InChI is InChI=1S/C21H24FN5O2/c1-12-9-16-19(25-26(4)20(16)13(2)29-12)21(28)24-11-15-5-6-18(17(22)10-15)27-8-7-23-14(27)3/h5-8,10,12-13H,9,11H2,1-4H3,(H,24,28)/t12-,13+/m1/s1. The van der Waals surface area contributed by atoms with Crippen LogP contribution in [0, 0.1) is 12.7 Å². The normalized spacial score (nSPS) is 18.5. The molecule has 3 heterocycles. The summed E-state index contributed by atoms with van der Waals surface area (Å²) in [5.74, 6) is 0.0725. The number of hydrogen-bond acceptors (Lipinski definition) is 4. The molecule has 1 aliphatic heterocycles. The van der Waals surface area contributed by atoms with Gasteiger partial charge in [-0.15, -0.1) is 0 Å². The van der Waals surface area contributed by atoms with E-state index in [1.807, 2.05) is 27.8 Å². The Bertz CT molecular complexity index is 1070. The van der Waals surface area contributed by atoms with E-state index in [0.717, 1.165) is 11.3 Å². The number of carbonyl (C=O) groups excluding carboxylic acids is 1. The summed E-state index contributed by atoms with van der Waals surface area (Å²) in [4.78, 5) is 16.9. The lowest BCUT2D eigenvalue weighted by Crippen LogP contribution is -2.27. The number of fused-ring (bicyclic) bond motifs is 1. The van der Waals surface area contributed by atoms with Crippen molar-refractivity contribution in [3.63, 3.8) is 0 Å². The molecule has 2 atom stereocenters. The third-order valence-corrected chi connectivity index (χ3v) is 5.27. The molecule has 0 bridgehead atoms. The van der Waals surface area contributed by atoms with E-state index in [0.29, 0.717) is 29.2 Å². The first-order valence-electron chi connectivity index (χ1n) is 9.63. The van der Waals surface area contributed by atoms with Crippen molar-refractivity contribution < 1.29 is 13.9 Å². The second kappa shape index (κ2) is 7.44. The molecule has 1 aromatic carbocycles. The highest BCUT2D eigenvalue weighted by molar-refractivity contribution is 5.94. The van der Waals surface area contributed by atoms with Crippen LogP contribution in [0.5, 0.6) is 0 Å². The number of carbonyl (C=O) groups is 1. The topological polar surface area (TPSA) is 74.0 Å². The quantitative estimate of drug-likeness (QED) is 0.735. The predicted octanol–water partition coefficient (Wildman–Crippen LogP) is 3.01. The molecule has 0 aliphatic carbocycles. The fraction of sp³-hybridized carbons (Fsp3) is 0.381. The largest absolute Gasteiger partial charge is 0.369 e. The number of hydrogen-bond donors (Lipinski definition) is 1. The number of halogens is 1. The maximum Gasteiger partial charge on any atom is 0.272 e. The first-order chi connectivity index (χ1) is 13.8. The zero-order chi connectivity index (χ0) is 20.7. The predicted molar refractivity (Wildman–Crippen MR) is 105 cm³/mol. The molecule has 0 saturated heterocycles. The Morgan fingerprint density at radius 2 is 2.17 bits per heavy atom. The summed E-state index contributed by atoms with van der Waals surface area (Å²) in [6.45, 7) is 5.98. The van der Waals surface area contributed by atoms with Crippen LogP contribution in [-0.2, 0) is 24.8 Å². The fourth-order valence-corrected chi connectivity index (χ4v) is 3.98. The molecule has 0 spiro atoms. The van der Waals surface area contributed by atoms with Gasteiger partial charge in [-0.25, -0.2) is 9.37 Å². The van der Waals surface area contributed by atoms with Crippen LogP contribution in [0.4, 0.5) is 4.39 Å². The van der Waals surface area contributed by atoms with Gasteiger partial charge in [-0.3, -0.25) is 9.48 Å². The van der Waals surface area contributed by atoms with Crippen molar-refractivity contribution in [2.45, 2.75) is 45.9 Å². The van der Waals surface area contributed by atoms with E-state index in [1.54, 1.807) is 33.8 Å². The monoisotopic (exact) mass is 397 g/mol. The number of rotatable bonds is 4. The van der Waals surface area contributed by atoms with Crippen LogP contribution < -0.4 is 5.32 Å². The maximum absolute atomic E-state index is 14.6. The van der Waals surface area contributed by atoms with Crippen LogP contribution in [0.15, 0.2) is 30.6 Å². The minimum Gasteiger partial charge on any atom is -0.369 e. The van der Waals surface area contributed by atoms with E-state index >= 15 is 0 Å². The minimum atomic E-state index is -0.368. The van der Waals surface area contributed by atoms with Crippen LogP contribution in [0.3, 0.4) is 0 Å². The number of nitrogens with zero attached hydrogens (tertiary/aromatic N) is 4. The SMILES string of the molecule is Cc1nccn1-c1ccc(CNC(=O)c2nn(C)c3c2C[C@@H](C)O[C@H]3C)cc1F. The van der Waals surface area contributed by atoms with E-state index in [4.69, 9.17) is 4.74 Å². The summed E-state index contributed by atoms with van der Waals surface area (Å²) in [5, 5.41) is 7.26. The zero-order valence-corrected chi connectivity index (χ0v) is 16.9. The highest BCUT2D eigenvalue weighted by Crippen LogP contribution is 2.31. The lowest BCUT2D eigenvalue weighted by Gasteiger charge is -2.26. The minimum absolute atomic E-state index is 0.0292. The van der Waals surface area contributed by atoms with Gasteiger partial charge in [-0.1, -0.05) is 6.07 Å². The van der Waals surface area contributed by atoms with Crippen molar-refractivity contribution in [2.24, 2.45) is 7.05 Å². The highest BCUT2D eigenvalue weighted by atomic mass is 19.1. The van der Waals surface area contributed by atoms with Crippen molar-refractivity contribution in [1.82, 2.24) is 24.6 Å². The summed E-state index contributed by atoms with van der Waals surface area (Å²) in [5.41, 5.74) is 3.37. The van der Waals surface area contributed by atoms with E-state index < -0.39 is 0 Å². The molecule has 2 aromatic heterocycles. The molecule has 0 saturated carbocycles. The Morgan fingerprint density at radius 3 is 2.86 bits per heavy atom. The number of aryl methyl sites for hydroxylation is 2. The Labute approximate surface area is 168 Å². The molecule has 4 rings (SSSR count). The van der Waals surface area contributed by atoms with E-state index in [1.165, 1.54) is 6.07 Å². The second-order valence-corrected chi connectivity index (χ2v) is 7.44. The van der Waals surface area contributed by atoms with Crippen LogP contribution >= 0.6 is 0 Å². The molecule has 1 aliphatic rings. The Balaban J connectivity index is 1.50. The third kappa shape index (κ3) is 3.55. The van der Waals surface area contributed by atoms with E-state index in [9.17, 15) is 9.18 Å². The summed E-state index contributed by atoms with van der Waals surface area (Å²) in [7, 11) is 1.82. The van der Waals surface area contributed by atoms with Crippen LogP contribution in [0.2, 0.25) is 0 Å². The molecule has 7 nitrogen and oxygen atoms in total. The number of amides is 1.